The SMILES string of the molecule is O=C(Nc1ccc2c(c1)cc(C(=O)c1ccccc1)n2CCCO)c1ccccc1Cl. The number of ketones is 1. The summed E-state index contributed by atoms with van der Waals surface area (Å²) in [5.74, 6) is -0.387. The van der Waals surface area contributed by atoms with Gasteiger partial charge in [0.2, 0.25) is 5.78 Å². The van der Waals surface area contributed by atoms with Crippen LogP contribution in [-0.2, 0) is 6.54 Å². The number of aliphatic hydroxyl groups excluding tert-OH is 1. The zero-order valence-electron chi connectivity index (χ0n) is 16.7. The number of rotatable bonds is 7. The minimum Gasteiger partial charge on any atom is -0.396 e. The summed E-state index contributed by atoms with van der Waals surface area (Å²) in [6, 6.07) is 23.3. The minimum absolute atomic E-state index is 0.0324. The van der Waals surface area contributed by atoms with Crippen molar-refractivity contribution >= 4 is 39.9 Å². The summed E-state index contributed by atoms with van der Waals surface area (Å²) in [5.41, 5.74) is 3.01. The van der Waals surface area contributed by atoms with Crippen LogP contribution in [0.4, 0.5) is 5.69 Å². The van der Waals surface area contributed by atoms with Crippen LogP contribution in [0, 0.1) is 0 Å². The second-order valence-electron chi connectivity index (χ2n) is 7.16. The number of amides is 1. The highest BCUT2D eigenvalue weighted by molar-refractivity contribution is 6.34. The van der Waals surface area contributed by atoms with Crippen molar-refractivity contribution in [1.82, 2.24) is 4.57 Å². The maximum atomic E-state index is 13.1. The smallest absolute Gasteiger partial charge is 0.257 e. The van der Waals surface area contributed by atoms with Crippen LogP contribution in [0.5, 0.6) is 0 Å². The fraction of sp³-hybridized carbons (Fsp3) is 0.120. The number of anilines is 1. The van der Waals surface area contributed by atoms with Crippen molar-refractivity contribution < 1.29 is 14.7 Å². The number of halogens is 1. The number of nitrogens with one attached hydrogen (secondary N) is 1. The highest BCUT2D eigenvalue weighted by Crippen LogP contribution is 2.26. The third-order valence-electron chi connectivity index (χ3n) is 5.09. The molecular formula is C25H21ClN2O3. The summed E-state index contributed by atoms with van der Waals surface area (Å²) in [6.45, 7) is 0.545. The first kappa shape index (κ1) is 20.8. The lowest BCUT2D eigenvalue weighted by atomic mass is 10.1. The quantitative estimate of drug-likeness (QED) is 0.396. The van der Waals surface area contributed by atoms with Gasteiger partial charge in [-0.3, -0.25) is 9.59 Å². The van der Waals surface area contributed by atoms with Gasteiger partial charge in [0.05, 0.1) is 16.3 Å². The summed E-state index contributed by atoms with van der Waals surface area (Å²) in [7, 11) is 0. The second kappa shape index (κ2) is 9.16. The van der Waals surface area contributed by atoms with Crippen molar-refractivity contribution in [2.45, 2.75) is 13.0 Å². The molecule has 2 N–H and O–H groups in total. The lowest BCUT2D eigenvalue weighted by Gasteiger charge is -2.10. The number of aromatic nitrogens is 1. The van der Waals surface area contributed by atoms with Gasteiger partial charge in [0.15, 0.2) is 0 Å². The van der Waals surface area contributed by atoms with E-state index in [2.05, 4.69) is 5.32 Å². The first-order valence-corrected chi connectivity index (χ1v) is 10.4. The van der Waals surface area contributed by atoms with Crippen molar-refractivity contribution in [3.8, 4) is 0 Å². The molecule has 1 aromatic heterocycles. The van der Waals surface area contributed by atoms with Crippen LogP contribution in [0.3, 0.4) is 0 Å². The molecule has 31 heavy (non-hydrogen) atoms. The van der Waals surface area contributed by atoms with Gasteiger partial charge in [0, 0.05) is 35.3 Å². The van der Waals surface area contributed by atoms with Gasteiger partial charge < -0.3 is 15.0 Å². The molecule has 0 bridgehead atoms. The normalized spacial score (nSPS) is 10.9. The average Bonchev–Trinajstić information content (AvgIpc) is 3.15. The van der Waals surface area contributed by atoms with Crippen LogP contribution in [-0.4, -0.2) is 28.0 Å². The van der Waals surface area contributed by atoms with Crippen molar-refractivity contribution in [3.63, 3.8) is 0 Å². The Morgan fingerprint density at radius 2 is 1.68 bits per heavy atom. The molecule has 0 aliphatic heterocycles. The summed E-state index contributed by atoms with van der Waals surface area (Å²) >= 11 is 6.12. The Hall–Kier alpha value is -3.41. The topological polar surface area (TPSA) is 71.3 Å². The fourth-order valence-corrected chi connectivity index (χ4v) is 3.81. The summed E-state index contributed by atoms with van der Waals surface area (Å²) in [5, 5.41) is 13.4. The van der Waals surface area contributed by atoms with Gasteiger partial charge >= 0.3 is 0 Å². The van der Waals surface area contributed by atoms with Gasteiger partial charge in [-0.05, 0) is 42.8 Å². The number of carbonyl (C=O) groups is 2. The summed E-state index contributed by atoms with van der Waals surface area (Å²) < 4.78 is 1.92. The number of hydrogen-bond donors (Lipinski definition) is 2. The number of nitrogens with zero attached hydrogens (tertiary/aromatic N) is 1. The zero-order chi connectivity index (χ0) is 21.8. The molecule has 1 amide bonds. The molecule has 0 atom stereocenters. The van der Waals surface area contributed by atoms with Crippen molar-refractivity contribution in [2.24, 2.45) is 0 Å². The molecule has 0 aliphatic rings. The molecule has 156 valence electrons. The van der Waals surface area contributed by atoms with Crippen LogP contribution in [0.15, 0.2) is 78.9 Å². The molecule has 0 saturated carbocycles. The zero-order valence-corrected chi connectivity index (χ0v) is 17.5. The van der Waals surface area contributed by atoms with E-state index in [0.717, 1.165) is 10.9 Å². The van der Waals surface area contributed by atoms with Crippen LogP contribution < -0.4 is 5.32 Å². The molecule has 0 spiro atoms. The van der Waals surface area contributed by atoms with Gasteiger partial charge in [-0.1, -0.05) is 54.1 Å². The van der Waals surface area contributed by atoms with Gasteiger partial charge in [0.25, 0.3) is 5.91 Å². The van der Waals surface area contributed by atoms with E-state index >= 15 is 0 Å². The predicted octanol–water partition coefficient (Wildman–Crippen LogP) is 5.16. The van der Waals surface area contributed by atoms with E-state index in [9.17, 15) is 14.7 Å². The van der Waals surface area contributed by atoms with E-state index in [1.54, 1.807) is 42.5 Å². The van der Waals surface area contributed by atoms with E-state index in [1.807, 2.05) is 41.0 Å². The maximum absolute atomic E-state index is 13.1. The van der Waals surface area contributed by atoms with E-state index in [0.29, 0.717) is 40.5 Å². The van der Waals surface area contributed by atoms with Crippen LogP contribution in [0.1, 0.15) is 32.8 Å². The highest BCUT2D eigenvalue weighted by Gasteiger charge is 2.18. The molecule has 1 heterocycles. The third-order valence-corrected chi connectivity index (χ3v) is 5.42. The fourth-order valence-electron chi connectivity index (χ4n) is 3.59. The number of aryl methyl sites for hydroxylation is 1. The van der Waals surface area contributed by atoms with Gasteiger partial charge in [-0.2, -0.15) is 0 Å². The van der Waals surface area contributed by atoms with Crippen molar-refractivity contribution in [3.05, 3.63) is 101 Å². The Bertz CT molecular complexity index is 1250. The van der Waals surface area contributed by atoms with Crippen LogP contribution in [0.25, 0.3) is 10.9 Å². The number of benzene rings is 3. The number of aliphatic hydroxyl groups is 1. The molecular weight excluding hydrogens is 412 g/mol. The highest BCUT2D eigenvalue weighted by atomic mass is 35.5. The minimum atomic E-state index is -0.301. The molecule has 3 aromatic carbocycles. The van der Waals surface area contributed by atoms with Crippen LogP contribution >= 0.6 is 11.6 Å². The summed E-state index contributed by atoms with van der Waals surface area (Å²) in [4.78, 5) is 25.7. The predicted molar refractivity (Wildman–Crippen MR) is 123 cm³/mol. The largest absolute Gasteiger partial charge is 0.396 e. The molecule has 6 heteroatoms. The Morgan fingerprint density at radius 3 is 2.42 bits per heavy atom. The number of fused-ring (bicyclic) bond motifs is 1. The molecule has 0 radical (unpaired) electrons. The third kappa shape index (κ3) is 4.38. The molecule has 4 aromatic rings. The maximum Gasteiger partial charge on any atom is 0.257 e. The Kier molecular flexibility index (Phi) is 6.16. The molecule has 0 fully saturated rings. The van der Waals surface area contributed by atoms with Crippen molar-refractivity contribution in [2.75, 3.05) is 11.9 Å². The summed E-state index contributed by atoms with van der Waals surface area (Å²) in [6.07, 6.45) is 0.532. The lowest BCUT2D eigenvalue weighted by Crippen LogP contribution is -2.12. The molecule has 4 rings (SSSR count). The molecule has 0 aliphatic carbocycles. The molecule has 0 unspecified atom stereocenters. The number of hydrogen-bond acceptors (Lipinski definition) is 3. The van der Waals surface area contributed by atoms with E-state index in [4.69, 9.17) is 11.6 Å². The first-order valence-electron chi connectivity index (χ1n) is 9.98. The second-order valence-corrected chi connectivity index (χ2v) is 7.57. The van der Waals surface area contributed by atoms with E-state index in [1.165, 1.54) is 0 Å². The average molecular weight is 433 g/mol. The number of carbonyl (C=O) groups excluding carboxylic acids is 2. The van der Waals surface area contributed by atoms with Crippen LogP contribution in [0.2, 0.25) is 5.02 Å². The van der Waals surface area contributed by atoms with Gasteiger partial charge in [-0.15, -0.1) is 0 Å². The Morgan fingerprint density at radius 1 is 0.935 bits per heavy atom. The Balaban J connectivity index is 1.70. The van der Waals surface area contributed by atoms with Gasteiger partial charge in [0.1, 0.15) is 0 Å². The lowest BCUT2D eigenvalue weighted by molar-refractivity contribution is 0.102. The van der Waals surface area contributed by atoms with E-state index in [-0.39, 0.29) is 18.3 Å². The molecule has 5 nitrogen and oxygen atoms in total. The van der Waals surface area contributed by atoms with E-state index < -0.39 is 0 Å². The van der Waals surface area contributed by atoms with Gasteiger partial charge in [-0.25, -0.2) is 0 Å². The first-order chi connectivity index (χ1) is 15.1. The van der Waals surface area contributed by atoms with Crippen molar-refractivity contribution in [1.29, 1.82) is 0 Å². The molecule has 0 saturated heterocycles. The standard InChI is InChI=1S/C25H21ClN2O3/c26-21-10-5-4-9-20(21)25(31)27-19-11-12-22-18(15-19)16-23(28(22)13-6-14-29)24(30)17-7-2-1-3-8-17/h1-5,7-12,15-16,29H,6,13-14H2,(H,27,31). The monoisotopic (exact) mass is 432 g/mol. The Labute approximate surface area is 184 Å².